The average Bonchev–Trinajstić information content (AvgIpc) is 2.42. The number of benzene rings is 2. The lowest BCUT2D eigenvalue weighted by Crippen LogP contribution is -2.27. The Balaban J connectivity index is 2.15. The Hall–Kier alpha value is -1.88. The van der Waals surface area contributed by atoms with Gasteiger partial charge in [-0.05, 0) is 52.7 Å². The second-order valence-corrected chi connectivity index (χ2v) is 5.32. The summed E-state index contributed by atoms with van der Waals surface area (Å²) in [7, 11) is 0. The molecule has 2 aromatic carbocycles. The predicted molar refractivity (Wildman–Crippen MR) is 80.8 cm³/mol. The molecular weight excluding hydrogens is 323 g/mol. The van der Waals surface area contributed by atoms with Crippen LogP contribution in [-0.4, -0.2) is 5.91 Å². The fourth-order valence-electron chi connectivity index (χ4n) is 1.82. The third-order valence-electron chi connectivity index (χ3n) is 2.98. The summed E-state index contributed by atoms with van der Waals surface area (Å²) in [6.07, 6.45) is 0. The molecule has 0 saturated carbocycles. The van der Waals surface area contributed by atoms with Gasteiger partial charge in [-0.25, -0.2) is 4.39 Å². The quantitative estimate of drug-likeness (QED) is 0.840. The topological polar surface area (TPSA) is 55.1 Å². The van der Waals surface area contributed by atoms with Crippen molar-refractivity contribution in [1.82, 2.24) is 5.32 Å². The Bertz CT molecular complexity index is 628. The Labute approximate surface area is 125 Å². The lowest BCUT2D eigenvalue weighted by Gasteiger charge is -2.15. The van der Waals surface area contributed by atoms with E-state index in [1.165, 1.54) is 6.07 Å². The predicted octanol–water partition coefficient (Wildman–Crippen LogP) is 3.66. The van der Waals surface area contributed by atoms with Crippen LogP contribution >= 0.6 is 15.9 Å². The molecular formula is C15H14BrFN2O. The van der Waals surface area contributed by atoms with E-state index in [2.05, 4.69) is 21.2 Å². The average molecular weight is 337 g/mol. The molecule has 0 aliphatic heterocycles. The molecule has 0 bridgehead atoms. The maximum absolute atomic E-state index is 13.8. The highest BCUT2D eigenvalue weighted by Gasteiger charge is 2.16. The van der Waals surface area contributed by atoms with Crippen molar-refractivity contribution in [2.45, 2.75) is 13.0 Å². The molecule has 2 aromatic rings. The van der Waals surface area contributed by atoms with Gasteiger partial charge in [0.2, 0.25) is 0 Å². The zero-order valence-electron chi connectivity index (χ0n) is 10.9. The first kappa shape index (κ1) is 14.5. The summed E-state index contributed by atoms with van der Waals surface area (Å²) in [6.45, 7) is 1.83. The van der Waals surface area contributed by atoms with Crippen LogP contribution < -0.4 is 11.1 Å². The molecule has 104 valence electrons. The number of amides is 1. The van der Waals surface area contributed by atoms with Crippen LogP contribution in [0.2, 0.25) is 0 Å². The van der Waals surface area contributed by atoms with Crippen LogP contribution in [0.4, 0.5) is 10.1 Å². The van der Waals surface area contributed by atoms with Gasteiger partial charge in [0.15, 0.2) is 0 Å². The zero-order valence-corrected chi connectivity index (χ0v) is 12.4. The van der Waals surface area contributed by atoms with Gasteiger partial charge in [-0.15, -0.1) is 0 Å². The summed E-state index contributed by atoms with van der Waals surface area (Å²) < 4.78 is 14.1. The molecule has 1 atom stereocenters. The van der Waals surface area contributed by atoms with Crippen molar-refractivity contribution in [1.29, 1.82) is 0 Å². The zero-order chi connectivity index (χ0) is 14.7. The van der Waals surface area contributed by atoms with Gasteiger partial charge < -0.3 is 11.1 Å². The second-order valence-electron chi connectivity index (χ2n) is 4.46. The van der Waals surface area contributed by atoms with Crippen molar-refractivity contribution >= 4 is 27.5 Å². The number of nitrogens with one attached hydrogen (secondary N) is 1. The summed E-state index contributed by atoms with van der Waals surface area (Å²) in [5.74, 6) is -1.01. The van der Waals surface area contributed by atoms with Gasteiger partial charge in [-0.1, -0.05) is 18.2 Å². The highest BCUT2D eigenvalue weighted by molar-refractivity contribution is 9.10. The van der Waals surface area contributed by atoms with E-state index in [1.54, 1.807) is 24.3 Å². The number of nitrogens with two attached hydrogens (primary N) is 1. The highest BCUT2D eigenvalue weighted by Crippen LogP contribution is 2.20. The van der Waals surface area contributed by atoms with Crippen LogP contribution in [0.5, 0.6) is 0 Å². The van der Waals surface area contributed by atoms with E-state index in [1.807, 2.05) is 19.1 Å². The van der Waals surface area contributed by atoms with Gasteiger partial charge in [0.1, 0.15) is 5.82 Å². The molecule has 0 heterocycles. The Morgan fingerprint density at radius 2 is 1.90 bits per heavy atom. The third-order valence-corrected chi connectivity index (χ3v) is 3.59. The Kier molecular flexibility index (Phi) is 4.39. The summed E-state index contributed by atoms with van der Waals surface area (Å²) in [6, 6.07) is 11.6. The molecule has 3 nitrogen and oxygen atoms in total. The molecule has 2 rings (SSSR count). The first-order valence-corrected chi connectivity index (χ1v) is 6.88. The van der Waals surface area contributed by atoms with Gasteiger partial charge in [0.05, 0.1) is 16.1 Å². The molecule has 1 amide bonds. The summed E-state index contributed by atoms with van der Waals surface area (Å²) in [4.78, 5) is 12.1. The van der Waals surface area contributed by atoms with Gasteiger partial charge in [-0.2, -0.15) is 0 Å². The minimum absolute atomic E-state index is 0.0154. The van der Waals surface area contributed by atoms with Crippen LogP contribution in [0.3, 0.4) is 0 Å². The molecule has 0 aliphatic carbocycles. The van der Waals surface area contributed by atoms with Crippen LogP contribution in [0, 0.1) is 5.82 Å². The molecule has 0 aromatic heterocycles. The molecule has 0 saturated heterocycles. The number of hydrogen-bond acceptors (Lipinski definition) is 2. The number of halogens is 2. The molecule has 3 N–H and O–H groups in total. The maximum Gasteiger partial charge on any atom is 0.254 e. The lowest BCUT2D eigenvalue weighted by atomic mass is 10.1. The summed E-state index contributed by atoms with van der Waals surface area (Å²) >= 11 is 3.06. The molecule has 0 spiro atoms. The standard InChI is InChI=1S/C15H14BrFN2O/c1-9(10-5-7-11(18)8-6-10)19-15(20)12-3-2-4-13(16)14(12)17/h2-9H,18H2,1H3,(H,19,20). The fourth-order valence-corrected chi connectivity index (χ4v) is 2.19. The van der Waals surface area contributed by atoms with Crippen molar-refractivity contribution in [3.8, 4) is 0 Å². The van der Waals surface area contributed by atoms with Crippen LogP contribution in [0.1, 0.15) is 28.9 Å². The van der Waals surface area contributed by atoms with Gasteiger partial charge in [-0.3, -0.25) is 4.79 Å². The second kappa shape index (κ2) is 6.05. The van der Waals surface area contributed by atoms with Crippen molar-refractivity contribution in [3.05, 3.63) is 63.9 Å². The number of anilines is 1. The van der Waals surface area contributed by atoms with Crippen molar-refractivity contribution in [2.24, 2.45) is 0 Å². The molecule has 1 unspecified atom stereocenters. The van der Waals surface area contributed by atoms with E-state index in [4.69, 9.17) is 5.73 Å². The minimum atomic E-state index is -0.561. The van der Waals surface area contributed by atoms with Gasteiger partial charge in [0, 0.05) is 5.69 Å². The van der Waals surface area contributed by atoms with E-state index in [-0.39, 0.29) is 16.1 Å². The molecule has 0 aliphatic rings. The molecule has 0 fully saturated rings. The van der Waals surface area contributed by atoms with Crippen LogP contribution in [-0.2, 0) is 0 Å². The van der Waals surface area contributed by atoms with Crippen LogP contribution in [0.15, 0.2) is 46.9 Å². The van der Waals surface area contributed by atoms with Crippen molar-refractivity contribution in [2.75, 3.05) is 5.73 Å². The van der Waals surface area contributed by atoms with Crippen molar-refractivity contribution in [3.63, 3.8) is 0 Å². The number of carbonyl (C=O) groups excluding carboxylic acids is 1. The van der Waals surface area contributed by atoms with E-state index < -0.39 is 11.7 Å². The molecule has 5 heteroatoms. The number of nitrogen functional groups attached to an aromatic ring is 1. The van der Waals surface area contributed by atoms with E-state index in [9.17, 15) is 9.18 Å². The Morgan fingerprint density at radius 1 is 1.25 bits per heavy atom. The first-order valence-electron chi connectivity index (χ1n) is 6.09. The van der Waals surface area contributed by atoms with Gasteiger partial charge >= 0.3 is 0 Å². The largest absolute Gasteiger partial charge is 0.399 e. The molecule has 20 heavy (non-hydrogen) atoms. The van der Waals surface area contributed by atoms with Gasteiger partial charge in [0.25, 0.3) is 5.91 Å². The number of hydrogen-bond donors (Lipinski definition) is 2. The highest BCUT2D eigenvalue weighted by atomic mass is 79.9. The summed E-state index contributed by atoms with van der Waals surface area (Å²) in [5.41, 5.74) is 7.19. The maximum atomic E-state index is 13.8. The number of rotatable bonds is 3. The normalized spacial score (nSPS) is 11.9. The van der Waals surface area contributed by atoms with Crippen LogP contribution in [0.25, 0.3) is 0 Å². The minimum Gasteiger partial charge on any atom is -0.399 e. The molecule has 0 radical (unpaired) electrons. The number of carbonyl (C=O) groups is 1. The van der Waals surface area contributed by atoms with E-state index in [0.717, 1.165) is 5.56 Å². The smallest absolute Gasteiger partial charge is 0.254 e. The fraction of sp³-hybridized carbons (Fsp3) is 0.133. The van der Waals surface area contributed by atoms with E-state index >= 15 is 0 Å². The lowest BCUT2D eigenvalue weighted by molar-refractivity contribution is 0.0935. The summed E-state index contributed by atoms with van der Waals surface area (Å²) in [5, 5.41) is 2.76. The third kappa shape index (κ3) is 3.17. The van der Waals surface area contributed by atoms with Crippen molar-refractivity contribution < 1.29 is 9.18 Å². The first-order chi connectivity index (χ1) is 9.49. The van der Waals surface area contributed by atoms with E-state index in [0.29, 0.717) is 5.69 Å². The SMILES string of the molecule is CC(NC(=O)c1cccc(Br)c1F)c1ccc(N)cc1. The Morgan fingerprint density at radius 3 is 2.55 bits per heavy atom. The monoisotopic (exact) mass is 336 g/mol.